The van der Waals surface area contributed by atoms with Gasteiger partial charge < -0.3 is 15.2 Å². The van der Waals surface area contributed by atoms with Crippen LogP contribution >= 0.6 is 15.9 Å². The number of carbonyl (C=O) groups is 2. The Morgan fingerprint density at radius 3 is 2.77 bits per heavy atom. The molecule has 1 amide bonds. The summed E-state index contributed by atoms with van der Waals surface area (Å²) >= 11 is 3.08. The minimum Gasteiger partial charge on any atom is -0.486 e. The molecule has 114 valence electrons. The van der Waals surface area contributed by atoms with Gasteiger partial charge in [-0.15, -0.1) is 0 Å². The van der Waals surface area contributed by atoms with Crippen LogP contribution in [0, 0.1) is 5.82 Å². The molecule has 0 saturated heterocycles. The van der Waals surface area contributed by atoms with E-state index < -0.39 is 11.9 Å². The standard InChI is InChI=1S/C15H11BrFNO4/c16-12-4-5-13(14(17)11(12)7-19)21-8-9-2-1-3-10(6-9)22-15(18)20/h1-7H,8H2,(H2,18,20). The lowest BCUT2D eigenvalue weighted by Gasteiger charge is -2.10. The highest BCUT2D eigenvalue weighted by Gasteiger charge is 2.12. The fourth-order valence-electron chi connectivity index (χ4n) is 1.74. The Morgan fingerprint density at radius 2 is 2.09 bits per heavy atom. The number of rotatable bonds is 5. The monoisotopic (exact) mass is 367 g/mol. The average Bonchev–Trinajstić information content (AvgIpc) is 2.47. The first-order valence-corrected chi connectivity index (χ1v) is 6.92. The summed E-state index contributed by atoms with van der Waals surface area (Å²) < 4.78 is 24.5. The number of ether oxygens (including phenoxy) is 2. The number of aldehydes is 1. The van der Waals surface area contributed by atoms with Gasteiger partial charge in [-0.1, -0.05) is 12.1 Å². The van der Waals surface area contributed by atoms with Gasteiger partial charge in [-0.05, 0) is 45.8 Å². The van der Waals surface area contributed by atoms with E-state index in [1.807, 2.05) is 0 Å². The van der Waals surface area contributed by atoms with E-state index >= 15 is 0 Å². The molecule has 2 rings (SSSR count). The molecule has 0 unspecified atom stereocenters. The van der Waals surface area contributed by atoms with E-state index in [0.29, 0.717) is 16.3 Å². The molecule has 5 nitrogen and oxygen atoms in total. The van der Waals surface area contributed by atoms with Gasteiger partial charge >= 0.3 is 6.09 Å². The summed E-state index contributed by atoms with van der Waals surface area (Å²) in [6, 6.07) is 9.39. The molecule has 0 fully saturated rings. The molecule has 7 heteroatoms. The minimum atomic E-state index is -0.923. The second-order valence-corrected chi connectivity index (χ2v) is 5.10. The number of hydrogen-bond acceptors (Lipinski definition) is 4. The Morgan fingerprint density at radius 1 is 1.32 bits per heavy atom. The molecular weight excluding hydrogens is 357 g/mol. The van der Waals surface area contributed by atoms with Crippen LogP contribution in [0.3, 0.4) is 0 Å². The van der Waals surface area contributed by atoms with E-state index in [1.54, 1.807) is 24.3 Å². The molecule has 0 bridgehead atoms. The van der Waals surface area contributed by atoms with Crippen molar-refractivity contribution in [2.75, 3.05) is 0 Å². The van der Waals surface area contributed by atoms with Crippen molar-refractivity contribution in [3.05, 3.63) is 57.8 Å². The summed E-state index contributed by atoms with van der Waals surface area (Å²) in [6.07, 6.45) is -0.513. The summed E-state index contributed by atoms with van der Waals surface area (Å²) in [6.45, 7) is 0.0345. The van der Waals surface area contributed by atoms with Crippen LogP contribution in [0.2, 0.25) is 0 Å². The Balaban J connectivity index is 2.13. The first-order valence-electron chi connectivity index (χ1n) is 6.13. The molecule has 0 radical (unpaired) electrons. The van der Waals surface area contributed by atoms with Crippen molar-refractivity contribution in [2.45, 2.75) is 6.61 Å². The first-order chi connectivity index (χ1) is 10.5. The van der Waals surface area contributed by atoms with Gasteiger partial charge in [0.15, 0.2) is 17.9 Å². The number of amides is 1. The predicted molar refractivity (Wildman–Crippen MR) is 80.5 cm³/mol. The third-order valence-corrected chi connectivity index (χ3v) is 3.41. The molecule has 22 heavy (non-hydrogen) atoms. The lowest BCUT2D eigenvalue weighted by Crippen LogP contribution is -2.16. The number of nitrogens with two attached hydrogens (primary N) is 1. The highest BCUT2D eigenvalue weighted by atomic mass is 79.9. The molecule has 0 aliphatic rings. The molecule has 0 aliphatic heterocycles. The Bertz CT molecular complexity index is 721. The van der Waals surface area contributed by atoms with Gasteiger partial charge in [0.2, 0.25) is 0 Å². The SMILES string of the molecule is NC(=O)Oc1cccc(COc2ccc(Br)c(C=O)c2F)c1. The fraction of sp³-hybridized carbons (Fsp3) is 0.0667. The normalized spacial score (nSPS) is 10.1. The molecule has 2 aromatic rings. The van der Waals surface area contributed by atoms with E-state index in [9.17, 15) is 14.0 Å². The van der Waals surface area contributed by atoms with Crippen molar-refractivity contribution < 1.29 is 23.5 Å². The molecule has 2 N–H and O–H groups in total. The average molecular weight is 368 g/mol. The first kappa shape index (κ1) is 16.0. The van der Waals surface area contributed by atoms with Crippen LogP contribution in [0.25, 0.3) is 0 Å². The Labute approximate surface area is 134 Å². The lowest BCUT2D eigenvalue weighted by atomic mass is 10.2. The van der Waals surface area contributed by atoms with Crippen LogP contribution in [0.1, 0.15) is 15.9 Å². The molecule has 0 spiro atoms. The third-order valence-electron chi connectivity index (χ3n) is 2.72. The zero-order valence-corrected chi connectivity index (χ0v) is 12.8. The molecule has 0 aliphatic carbocycles. The highest BCUT2D eigenvalue weighted by Crippen LogP contribution is 2.27. The molecule has 0 saturated carbocycles. The quantitative estimate of drug-likeness (QED) is 0.821. The van der Waals surface area contributed by atoms with Gasteiger partial charge in [-0.2, -0.15) is 0 Å². The van der Waals surface area contributed by atoms with Crippen LogP contribution in [0.4, 0.5) is 9.18 Å². The number of halogens is 2. The van der Waals surface area contributed by atoms with Gasteiger partial charge in [-0.3, -0.25) is 4.79 Å². The zero-order chi connectivity index (χ0) is 16.1. The minimum absolute atomic E-state index is 0.0345. The number of benzene rings is 2. The maximum atomic E-state index is 14.0. The van der Waals surface area contributed by atoms with Gasteiger partial charge in [0.25, 0.3) is 0 Å². The van der Waals surface area contributed by atoms with Gasteiger partial charge in [0.1, 0.15) is 12.4 Å². The largest absolute Gasteiger partial charge is 0.486 e. The van der Waals surface area contributed by atoms with Crippen LogP contribution in [0.5, 0.6) is 11.5 Å². The van der Waals surface area contributed by atoms with Crippen molar-refractivity contribution in [1.29, 1.82) is 0 Å². The zero-order valence-electron chi connectivity index (χ0n) is 11.2. The van der Waals surface area contributed by atoms with E-state index in [0.717, 1.165) is 0 Å². The van der Waals surface area contributed by atoms with E-state index in [2.05, 4.69) is 15.9 Å². The van der Waals surface area contributed by atoms with Crippen LogP contribution in [0.15, 0.2) is 40.9 Å². The summed E-state index contributed by atoms with van der Waals surface area (Å²) in [7, 11) is 0. The summed E-state index contributed by atoms with van der Waals surface area (Å²) in [5.41, 5.74) is 5.46. The molecule has 0 heterocycles. The predicted octanol–water partition coefficient (Wildman–Crippen LogP) is 3.44. The second-order valence-electron chi connectivity index (χ2n) is 4.25. The Hall–Kier alpha value is -2.41. The van der Waals surface area contributed by atoms with Crippen molar-refractivity contribution in [1.82, 2.24) is 0 Å². The summed E-state index contributed by atoms with van der Waals surface area (Å²) in [5, 5.41) is 0. The smallest absolute Gasteiger partial charge is 0.409 e. The van der Waals surface area contributed by atoms with E-state index in [1.165, 1.54) is 12.1 Å². The van der Waals surface area contributed by atoms with Gasteiger partial charge in [-0.25, -0.2) is 9.18 Å². The van der Waals surface area contributed by atoms with E-state index in [4.69, 9.17) is 15.2 Å². The molecule has 2 aromatic carbocycles. The summed E-state index contributed by atoms with van der Waals surface area (Å²) in [5.74, 6) is -0.529. The van der Waals surface area contributed by atoms with Crippen molar-refractivity contribution in [2.24, 2.45) is 5.73 Å². The van der Waals surface area contributed by atoms with Crippen LogP contribution < -0.4 is 15.2 Å². The van der Waals surface area contributed by atoms with Crippen LogP contribution in [-0.2, 0) is 6.61 Å². The lowest BCUT2D eigenvalue weighted by molar-refractivity contribution is 0.111. The number of primary amides is 1. The highest BCUT2D eigenvalue weighted by molar-refractivity contribution is 9.10. The third kappa shape index (κ3) is 3.82. The summed E-state index contributed by atoms with van der Waals surface area (Å²) in [4.78, 5) is 21.5. The van der Waals surface area contributed by atoms with Crippen molar-refractivity contribution in [3.8, 4) is 11.5 Å². The maximum absolute atomic E-state index is 14.0. The number of carbonyl (C=O) groups excluding carboxylic acids is 2. The topological polar surface area (TPSA) is 78.6 Å². The number of hydrogen-bond donors (Lipinski definition) is 1. The fourth-order valence-corrected chi connectivity index (χ4v) is 2.14. The Kier molecular flexibility index (Phi) is 5.11. The van der Waals surface area contributed by atoms with Gasteiger partial charge in [0.05, 0.1) is 5.56 Å². The van der Waals surface area contributed by atoms with Crippen molar-refractivity contribution >= 4 is 28.3 Å². The molecule has 0 aromatic heterocycles. The second kappa shape index (κ2) is 7.04. The van der Waals surface area contributed by atoms with Crippen LogP contribution in [-0.4, -0.2) is 12.4 Å². The molecular formula is C15H11BrFNO4. The van der Waals surface area contributed by atoms with E-state index in [-0.39, 0.29) is 23.7 Å². The van der Waals surface area contributed by atoms with Crippen molar-refractivity contribution in [3.63, 3.8) is 0 Å². The maximum Gasteiger partial charge on any atom is 0.409 e. The molecule has 0 atom stereocenters. The van der Waals surface area contributed by atoms with Gasteiger partial charge in [0, 0.05) is 4.47 Å².